The zero-order valence-electron chi connectivity index (χ0n) is 18.9. The second kappa shape index (κ2) is 13.0. The number of rotatable bonds is 11. The predicted molar refractivity (Wildman–Crippen MR) is 134 cm³/mol. The van der Waals surface area contributed by atoms with Crippen LogP contribution in [0, 0.1) is 0 Å². The third kappa shape index (κ3) is 7.91. The van der Waals surface area contributed by atoms with Crippen LogP contribution in [0.5, 0.6) is 5.75 Å². The summed E-state index contributed by atoms with van der Waals surface area (Å²) in [5, 5.41) is 4.09. The maximum absolute atomic E-state index is 13.2. The second-order valence-electron chi connectivity index (χ2n) is 7.69. The van der Waals surface area contributed by atoms with Crippen molar-refractivity contribution in [2.24, 2.45) is 0 Å². The van der Waals surface area contributed by atoms with Crippen LogP contribution in [0.3, 0.4) is 0 Å². The van der Waals surface area contributed by atoms with E-state index in [4.69, 9.17) is 27.9 Å². The summed E-state index contributed by atoms with van der Waals surface area (Å²) in [5.74, 6) is 1.32. The molecule has 2 aromatic carbocycles. The average Bonchev–Trinajstić information content (AvgIpc) is 2.75. The van der Waals surface area contributed by atoms with Gasteiger partial charge in [-0.3, -0.25) is 9.59 Å². The van der Waals surface area contributed by atoms with Crippen molar-refractivity contribution in [2.45, 2.75) is 51.6 Å². The molecule has 0 aliphatic carbocycles. The fourth-order valence-corrected chi connectivity index (χ4v) is 4.67. The van der Waals surface area contributed by atoms with Crippen LogP contribution >= 0.6 is 35.0 Å². The highest BCUT2D eigenvalue weighted by molar-refractivity contribution is 7.99. The number of halogens is 2. The minimum Gasteiger partial charge on any atom is -0.497 e. The first kappa shape index (κ1) is 26.4. The maximum atomic E-state index is 13.2. The number of carbonyl (C=O) groups excluding carboxylic acids is 2. The van der Waals surface area contributed by atoms with Crippen LogP contribution in [0.2, 0.25) is 10.0 Å². The first-order valence-corrected chi connectivity index (χ1v) is 12.4. The van der Waals surface area contributed by atoms with E-state index in [1.54, 1.807) is 24.1 Å². The lowest BCUT2D eigenvalue weighted by Gasteiger charge is -2.31. The van der Waals surface area contributed by atoms with Gasteiger partial charge in [-0.2, -0.15) is 0 Å². The summed E-state index contributed by atoms with van der Waals surface area (Å²) >= 11 is 13.7. The number of hydrogen-bond donors (Lipinski definition) is 1. The molecule has 1 atom stereocenters. The average molecular weight is 497 g/mol. The minimum atomic E-state index is -0.549. The molecule has 2 amide bonds. The number of ether oxygens (including phenoxy) is 1. The standard InChI is InChI=1S/C24H30Cl2N2O3S/c1-5-22(24(30)27-16(2)3)28(13-17-6-10-20(31-4)11-7-17)23(29)15-32-14-18-8-9-19(25)12-21(18)26/h6-12,16,22H,5,13-15H2,1-4H3,(H,27,30). The van der Waals surface area contributed by atoms with Crippen LogP contribution in [0.1, 0.15) is 38.3 Å². The van der Waals surface area contributed by atoms with Gasteiger partial charge in [0.15, 0.2) is 0 Å². The Kier molecular flexibility index (Phi) is 10.7. The summed E-state index contributed by atoms with van der Waals surface area (Å²) < 4.78 is 5.22. The van der Waals surface area contributed by atoms with E-state index in [9.17, 15) is 9.59 Å². The molecule has 0 saturated carbocycles. The van der Waals surface area contributed by atoms with E-state index in [1.807, 2.05) is 51.1 Å². The molecule has 0 bridgehead atoms. The first-order valence-electron chi connectivity index (χ1n) is 10.5. The third-order valence-electron chi connectivity index (χ3n) is 4.83. The van der Waals surface area contributed by atoms with Crippen LogP contribution in [0.15, 0.2) is 42.5 Å². The van der Waals surface area contributed by atoms with Crippen LogP contribution in [-0.4, -0.2) is 41.7 Å². The summed E-state index contributed by atoms with van der Waals surface area (Å²) in [6.45, 7) is 6.08. The summed E-state index contributed by atoms with van der Waals surface area (Å²) in [4.78, 5) is 27.7. The number of amides is 2. The molecular formula is C24H30Cl2N2O3S. The Morgan fingerprint density at radius 2 is 1.81 bits per heavy atom. The summed E-state index contributed by atoms with van der Waals surface area (Å²) in [7, 11) is 1.61. The number of nitrogens with one attached hydrogen (secondary N) is 1. The molecular weight excluding hydrogens is 467 g/mol. The largest absolute Gasteiger partial charge is 0.497 e. The van der Waals surface area contributed by atoms with E-state index >= 15 is 0 Å². The number of carbonyl (C=O) groups is 2. The highest BCUT2D eigenvalue weighted by Gasteiger charge is 2.28. The van der Waals surface area contributed by atoms with Gasteiger partial charge in [-0.1, -0.05) is 48.3 Å². The SMILES string of the molecule is CCC(C(=O)NC(C)C)N(Cc1ccc(OC)cc1)C(=O)CSCc1ccc(Cl)cc1Cl. The normalized spacial score (nSPS) is 11.8. The molecule has 32 heavy (non-hydrogen) atoms. The lowest BCUT2D eigenvalue weighted by molar-refractivity contribution is -0.139. The summed E-state index contributed by atoms with van der Waals surface area (Å²) in [5.41, 5.74) is 1.85. The van der Waals surface area contributed by atoms with Crippen LogP contribution in [0.4, 0.5) is 0 Å². The summed E-state index contributed by atoms with van der Waals surface area (Å²) in [6.07, 6.45) is 0.522. The predicted octanol–water partition coefficient (Wildman–Crippen LogP) is 5.57. The fourth-order valence-electron chi connectivity index (χ4n) is 3.20. The van der Waals surface area contributed by atoms with Gasteiger partial charge in [-0.15, -0.1) is 11.8 Å². The van der Waals surface area contributed by atoms with Gasteiger partial charge in [-0.05, 0) is 55.7 Å². The zero-order chi connectivity index (χ0) is 23.7. The molecule has 1 N–H and O–H groups in total. The van der Waals surface area contributed by atoms with Crippen LogP contribution in [-0.2, 0) is 21.9 Å². The molecule has 0 heterocycles. The topological polar surface area (TPSA) is 58.6 Å². The van der Waals surface area contributed by atoms with Crippen LogP contribution < -0.4 is 10.1 Å². The smallest absolute Gasteiger partial charge is 0.243 e. The summed E-state index contributed by atoms with van der Waals surface area (Å²) in [6, 6.07) is 12.3. The minimum absolute atomic E-state index is 0.00379. The van der Waals surface area contributed by atoms with E-state index in [0.29, 0.717) is 28.8 Å². The Morgan fingerprint density at radius 1 is 1.12 bits per heavy atom. The quantitative estimate of drug-likeness (QED) is 0.441. The molecule has 0 aromatic heterocycles. The highest BCUT2D eigenvalue weighted by atomic mass is 35.5. The fraction of sp³-hybridized carbons (Fsp3) is 0.417. The zero-order valence-corrected chi connectivity index (χ0v) is 21.2. The molecule has 1 unspecified atom stereocenters. The van der Waals surface area contributed by atoms with Crippen molar-refractivity contribution in [3.8, 4) is 5.75 Å². The van der Waals surface area contributed by atoms with E-state index in [1.165, 1.54) is 11.8 Å². The monoisotopic (exact) mass is 496 g/mol. The molecule has 2 aromatic rings. The number of benzene rings is 2. The first-order chi connectivity index (χ1) is 15.2. The number of nitrogens with zero attached hydrogens (tertiary/aromatic N) is 1. The van der Waals surface area contributed by atoms with Gasteiger partial charge in [-0.25, -0.2) is 0 Å². The number of thioether (sulfide) groups is 1. The van der Waals surface area contributed by atoms with E-state index in [2.05, 4.69) is 5.32 Å². The molecule has 0 radical (unpaired) electrons. The Hall–Kier alpha value is -1.89. The number of methoxy groups -OCH3 is 1. The highest BCUT2D eigenvalue weighted by Crippen LogP contribution is 2.25. The van der Waals surface area contributed by atoms with E-state index < -0.39 is 6.04 Å². The Morgan fingerprint density at radius 3 is 2.38 bits per heavy atom. The van der Waals surface area contributed by atoms with Crippen molar-refractivity contribution < 1.29 is 14.3 Å². The molecule has 0 aliphatic heterocycles. The molecule has 2 rings (SSSR count). The van der Waals surface area contributed by atoms with Crippen molar-refractivity contribution >= 4 is 46.8 Å². The van der Waals surface area contributed by atoms with Gasteiger partial charge >= 0.3 is 0 Å². The van der Waals surface area contributed by atoms with Crippen LogP contribution in [0.25, 0.3) is 0 Å². The molecule has 174 valence electrons. The molecule has 8 heteroatoms. The molecule has 0 aliphatic rings. The van der Waals surface area contributed by atoms with Gasteiger partial charge in [0.2, 0.25) is 11.8 Å². The van der Waals surface area contributed by atoms with Gasteiger partial charge in [0, 0.05) is 28.4 Å². The lowest BCUT2D eigenvalue weighted by atomic mass is 10.1. The van der Waals surface area contributed by atoms with Crippen molar-refractivity contribution in [3.63, 3.8) is 0 Å². The van der Waals surface area contributed by atoms with Crippen molar-refractivity contribution in [1.82, 2.24) is 10.2 Å². The molecule has 0 fully saturated rings. The van der Waals surface area contributed by atoms with Crippen molar-refractivity contribution in [2.75, 3.05) is 12.9 Å². The van der Waals surface area contributed by atoms with Gasteiger partial charge in [0.05, 0.1) is 12.9 Å². The van der Waals surface area contributed by atoms with Gasteiger partial charge in [0.1, 0.15) is 11.8 Å². The van der Waals surface area contributed by atoms with Crippen molar-refractivity contribution in [3.05, 3.63) is 63.6 Å². The van der Waals surface area contributed by atoms with Gasteiger partial charge in [0.25, 0.3) is 0 Å². The second-order valence-corrected chi connectivity index (χ2v) is 9.51. The van der Waals surface area contributed by atoms with Gasteiger partial charge < -0.3 is 15.0 Å². The Labute approximate surface area is 204 Å². The Bertz CT molecular complexity index is 907. The van der Waals surface area contributed by atoms with Crippen molar-refractivity contribution in [1.29, 1.82) is 0 Å². The molecule has 0 spiro atoms. The lowest BCUT2D eigenvalue weighted by Crippen LogP contribution is -2.50. The van der Waals surface area contributed by atoms with E-state index in [-0.39, 0.29) is 23.6 Å². The van der Waals surface area contributed by atoms with E-state index in [0.717, 1.165) is 16.9 Å². The molecule has 0 saturated heterocycles. The molecule has 5 nitrogen and oxygen atoms in total. The maximum Gasteiger partial charge on any atom is 0.243 e. The third-order valence-corrected chi connectivity index (χ3v) is 6.38. The Balaban J connectivity index is 2.15. The number of hydrogen-bond acceptors (Lipinski definition) is 4.